The molecule has 0 amide bonds. The van der Waals surface area contributed by atoms with Crippen LogP contribution in [0, 0.1) is 5.92 Å². The minimum Gasteiger partial charge on any atom is -0.369 e. The van der Waals surface area contributed by atoms with Crippen LogP contribution < -0.4 is 5.32 Å². The largest absolute Gasteiger partial charge is 0.369 e. The predicted octanol–water partition coefficient (Wildman–Crippen LogP) is 4.80. The molecule has 118 valence electrons. The standard InChI is InChI=1S/C18H28ClNO/c1-14(2)20-13-18(9-5-6-15(3)11-18)21-12-16-7-4-8-17(19)10-16/h4,7-8,10,14-15,20H,5-6,9,11-13H2,1-3H3. The van der Waals surface area contributed by atoms with Crippen molar-refractivity contribution in [2.45, 2.75) is 64.7 Å². The van der Waals surface area contributed by atoms with Gasteiger partial charge < -0.3 is 10.1 Å². The average molecular weight is 310 g/mol. The molecule has 0 saturated heterocycles. The summed E-state index contributed by atoms with van der Waals surface area (Å²) in [5.41, 5.74) is 1.13. The van der Waals surface area contributed by atoms with Gasteiger partial charge in [-0.3, -0.25) is 0 Å². The maximum absolute atomic E-state index is 6.41. The quantitative estimate of drug-likeness (QED) is 0.814. The first-order chi connectivity index (χ1) is 9.99. The Balaban J connectivity index is 2.01. The normalized spacial score (nSPS) is 26.2. The Kier molecular flexibility index (Phi) is 6.09. The van der Waals surface area contributed by atoms with Gasteiger partial charge in [0.25, 0.3) is 0 Å². The summed E-state index contributed by atoms with van der Waals surface area (Å²) in [7, 11) is 0. The van der Waals surface area contributed by atoms with Crippen LogP contribution in [0.4, 0.5) is 0 Å². The van der Waals surface area contributed by atoms with Gasteiger partial charge in [-0.05, 0) is 36.5 Å². The average Bonchev–Trinajstić information content (AvgIpc) is 2.43. The van der Waals surface area contributed by atoms with Gasteiger partial charge in [-0.2, -0.15) is 0 Å². The molecule has 1 aromatic rings. The van der Waals surface area contributed by atoms with Gasteiger partial charge in [0.15, 0.2) is 0 Å². The number of benzene rings is 1. The van der Waals surface area contributed by atoms with Crippen molar-refractivity contribution in [3.8, 4) is 0 Å². The lowest BCUT2D eigenvalue weighted by molar-refractivity contribution is -0.0898. The van der Waals surface area contributed by atoms with Gasteiger partial charge in [0.1, 0.15) is 0 Å². The minimum absolute atomic E-state index is 0.0236. The predicted molar refractivity (Wildman–Crippen MR) is 89.7 cm³/mol. The maximum atomic E-state index is 6.41. The van der Waals surface area contributed by atoms with E-state index in [-0.39, 0.29) is 5.60 Å². The summed E-state index contributed by atoms with van der Waals surface area (Å²) in [6.07, 6.45) is 4.88. The van der Waals surface area contributed by atoms with Crippen molar-refractivity contribution in [2.24, 2.45) is 5.92 Å². The minimum atomic E-state index is -0.0236. The van der Waals surface area contributed by atoms with E-state index in [1.807, 2.05) is 18.2 Å². The highest BCUT2D eigenvalue weighted by Gasteiger charge is 2.35. The third-order valence-corrected chi connectivity index (χ3v) is 4.55. The van der Waals surface area contributed by atoms with Crippen LogP contribution >= 0.6 is 11.6 Å². The molecule has 0 spiro atoms. The monoisotopic (exact) mass is 309 g/mol. The van der Waals surface area contributed by atoms with Crippen LogP contribution in [0.25, 0.3) is 0 Å². The SMILES string of the molecule is CC1CCCC(CNC(C)C)(OCc2cccc(Cl)c2)C1. The first-order valence-corrected chi connectivity index (χ1v) is 8.49. The molecule has 0 heterocycles. The molecule has 1 aliphatic carbocycles. The number of hydrogen-bond donors (Lipinski definition) is 1. The second-order valence-electron chi connectivity index (χ2n) is 6.84. The summed E-state index contributed by atoms with van der Waals surface area (Å²) in [5.74, 6) is 0.743. The maximum Gasteiger partial charge on any atom is 0.0813 e. The molecule has 1 aromatic carbocycles. The second-order valence-corrected chi connectivity index (χ2v) is 7.28. The molecular weight excluding hydrogens is 282 g/mol. The lowest BCUT2D eigenvalue weighted by Crippen LogP contribution is -2.47. The zero-order chi connectivity index (χ0) is 15.3. The lowest BCUT2D eigenvalue weighted by atomic mass is 9.78. The van der Waals surface area contributed by atoms with Gasteiger partial charge in [-0.25, -0.2) is 0 Å². The van der Waals surface area contributed by atoms with Crippen LogP contribution in [-0.4, -0.2) is 18.2 Å². The number of ether oxygens (including phenoxy) is 1. The zero-order valence-corrected chi connectivity index (χ0v) is 14.2. The van der Waals surface area contributed by atoms with Gasteiger partial charge in [-0.15, -0.1) is 0 Å². The molecular formula is C18H28ClNO. The Labute approximate surface area is 134 Å². The molecule has 1 fully saturated rings. The van der Waals surface area contributed by atoms with E-state index < -0.39 is 0 Å². The summed E-state index contributed by atoms with van der Waals surface area (Å²) < 4.78 is 6.41. The molecule has 0 aliphatic heterocycles. The molecule has 2 unspecified atom stereocenters. The summed E-state index contributed by atoms with van der Waals surface area (Å²) in [5, 5.41) is 4.35. The molecule has 1 saturated carbocycles. The fourth-order valence-electron chi connectivity index (χ4n) is 3.21. The van der Waals surface area contributed by atoms with Crippen molar-refractivity contribution in [3.05, 3.63) is 34.9 Å². The van der Waals surface area contributed by atoms with E-state index in [0.717, 1.165) is 35.9 Å². The van der Waals surface area contributed by atoms with Crippen molar-refractivity contribution in [2.75, 3.05) is 6.54 Å². The van der Waals surface area contributed by atoms with E-state index in [1.54, 1.807) is 0 Å². The molecule has 0 aromatic heterocycles. The van der Waals surface area contributed by atoms with Gasteiger partial charge >= 0.3 is 0 Å². The van der Waals surface area contributed by atoms with Crippen molar-refractivity contribution < 1.29 is 4.74 Å². The van der Waals surface area contributed by atoms with Gasteiger partial charge in [0, 0.05) is 17.6 Å². The van der Waals surface area contributed by atoms with E-state index in [1.165, 1.54) is 12.8 Å². The first-order valence-electron chi connectivity index (χ1n) is 8.11. The van der Waals surface area contributed by atoms with E-state index in [2.05, 4.69) is 32.2 Å². The van der Waals surface area contributed by atoms with E-state index in [4.69, 9.17) is 16.3 Å². The van der Waals surface area contributed by atoms with Crippen LogP contribution in [0.15, 0.2) is 24.3 Å². The Bertz CT molecular complexity index is 449. The van der Waals surface area contributed by atoms with Crippen LogP contribution in [0.1, 0.15) is 52.0 Å². The molecule has 1 N–H and O–H groups in total. The Morgan fingerprint density at radius 1 is 1.43 bits per heavy atom. The molecule has 1 aliphatic rings. The second kappa shape index (κ2) is 7.62. The van der Waals surface area contributed by atoms with Crippen LogP contribution in [0.3, 0.4) is 0 Å². The molecule has 2 nitrogen and oxygen atoms in total. The fourth-order valence-corrected chi connectivity index (χ4v) is 3.42. The highest BCUT2D eigenvalue weighted by molar-refractivity contribution is 6.30. The molecule has 21 heavy (non-hydrogen) atoms. The number of hydrogen-bond acceptors (Lipinski definition) is 2. The van der Waals surface area contributed by atoms with Crippen LogP contribution in [0.5, 0.6) is 0 Å². The molecule has 0 bridgehead atoms. The topological polar surface area (TPSA) is 21.3 Å². The van der Waals surface area contributed by atoms with Gasteiger partial charge in [0.2, 0.25) is 0 Å². The number of nitrogens with one attached hydrogen (secondary N) is 1. The molecule has 0 radical (unpaired) electrons. The Morgan fingerprint density at radius 2 is 2.24 bits per heavy atom. The van der Waals surface area contributed by atoms with Crippen molar-refractivity contribution in [3.63, 3.8) is 0 Å². The van der Waals surface area contributed by atoms with Gasteiger partial charge in [0.05, 0.1) is 12.2 Å². The van der Waals surface area contributed by atoms with Crippen LogP contribution in [-0.2, 0) is 11.3 Å². The number of halogens is 1. The Morgan fingerprint density at radius 3 is 2.90 bits per heavy atom. The summed E-state index contributed by atoms with van der Waals surface area (Å²) >= 11 is 6.06. The smallest absolute Gasteiger partial charge is 0.0813 e. The Hall–Kier alpha value is -0.570. The van der Waals surface area contributed by atoms with E-state index >= 15 is 0 Å². The van der Waals surface area contributed by atoms with Crippen molar-refractivity contribution in [1.29, 1.82) is 0 Å². The van der Waals surface area contributed by atoms with E-state index in [9.17, 15) is 0 Å². The third kappa shape index (κ3) is 5.28. The summed E-state index contributed by atoms with van der Waals surface area (Å²) in [6, 6.07) is 8.47. The number of rotatable bonds is 6. The van der Waals surface area contributed by atoms with Gasteiger partial charge in [-0.1, -0.05) is 57.3 Å². The zero-order valence-electron chi connectivity index (χ0n) is 13.5. The molecule has 3 heteroatoms. The third-order valence-electron chi connectivity index (χ3n) is 4.32. The van der Waals surface area contributed by atoms with Crippen LogP contribution in [0.2, 0.25) is 5.02 Å². The molecule has 2 rings (SSSR count). The highest BCUT2D eigenvalue weighted by atomic mass is 35.5. The van der Waals surface area contributed by atoms with Crippen molar-refractivity contribution in [1.82, 2.24) is 5.32 Å². The summed E-state index contributed by atoms with van der Waals surface area (Å²) in [6.45, 7) is 8.31. The highest BCUT2D eigenvalue weighted by Crippen LogP contribution is 2.35. The first kappa shape index (κ1) is 16.8. The fraction of sp³-hybridized carbons (Fsp3) is 0.667. The summed E-state index contributed by atoms with van der Waals surface area (Å²) in [4.78, 5) is 0. The van der Waals surface area contributed by atoms with E-state index in [0.29, 0.717) is 12.6 Å². The van der Waals surface area contributed by atoms with Crippen molar-refractivity contribution >= 4 is 11.6 Å². The molecule has 2 atom stereocenters. The lowest BCUT2D eigenvalue weighted by Gasteiger charge is -2.40.